The van der Waals surface area contributed by atoms with E-state index < -0.39 is 93.1 Å². The Balaban J connectivity index is 0.000000254. The molecular formula is C23H28F8N6O7S2. The zero-order valence-corrected chi connectivity index (χ0v) is 26.8. The van der Waals surface area contributed by atoms with E-state index in [2.05, 4.69) is 34.9 Å². The zero-order chi connectivity index (χ0) is 35.6. The van der Waals surface area contributed by atoms with Gasteiger partial charge in [0.25, 0.3) is 19.7 Å². The highest BCUT2D eigenvalue weighted by Crippen LogP contribution is 2.45. The van der Waals surface area contributed by atoms with Crippen LogP contribution < -0.4 is 4.74 Å². The minimum atomic E-state index is -5.74. The lowest BCUT2D eigenvalue weighted by molar-refractivity contribution is -0.0583. The van der Waals surface area contributed by atoms with Crippen LogP contribution in [-0.2, 0) is 54.0 Å². The van der Waals surface area contributed by atoms with Crippen molar-refractivity contribution >= 4 is 29.8 Å². The standard InChI is InChI=1S/C12H14F5N3O4S.C11H14F3N3O3S/c1-5-6(9(20(4)18-5)23-10(14)15)12(16,17)25(21,22)8-7(13)11(2,3)24-19-8;1-6-7(5-17(4)15-6)11(13,14)21(18,19)9-8(12)10(2,3)20-16-9/h7,10H,1-4H3;5,8H,1-4H3. The molecule has 0 saturated heterocycles. The quantitative estimate of drug-likeness (QED) is 0.405. The molecule has 2 atom stereocenters. The van der Waals surface area contributed by atoms with Crippen LogP contribution in [0.15, 0.2) is 16.5 Å². The molecule has 46 heavy (non-hydrogen) atoms. The number of oxime groups is 2. The van der Waals surface area contributed by atoms with Gasteiger partial charge >= 0.3 is 17.1 Å². The Morgan fingerprint density at radius 1 is 0.826 bits per heavy atom. The molecule has 0 spiro atoms. The van der Waals surface area contributed by atoms with Crippen molar-refractivity contribution < 1.29 is 66.4 Å². The monoisotopic (exact) mass is 716 g/mol. The summed E-state index contributed by atoms with van der Waals surface area (Å²) in [6.45, 7) is 3.37. The van der Waals surface area contributed by atoms with Gasteiger partial charge in [-0.25, -0.2) is 30.3 Å². The predicted octanol–water partition coefficient (Wildman–Crippen LogP) is 3.91. The molecule has 0 fully saturated rings. The molecule has 2 unspecified atom stereocenters. The van der Waals surface area contributed by atoms with Crippen LogP contribution in [0, 0.1) is 13.8 Å². The lowest BCUT2D eigenvalue weighted by atomic mass is 10.1. The van der Waals surface area contributed by atoms with Crippen LogP contribution in [0.3, 0.4) is 0 Å². The lowest BCUT2D eigenvalue weighted by Crippen LogP contribution is -2.42. The number of halogens is 8. The van der Waals surface area contributed by atoms with E-state index in [0.717, 1.165) is 38.7 Å². The van der Waals surface area contributed by atoms with Gasteiger partial charge in [-0.1, -0.05) is 10.3 Å². The number of hydrogen-bond donors (Lipinski definition) is 0. The molecule has 0 radical (unpaired) electrons. The van der Waals surface area contributed by atoms with Crippen LogP contribution in [-0.4, -0.2) is 76.6 Å². The van der Waals surface area contributed by atoms with Crippen LogP contribution in [0.25, 0.3) is 0 Å². The van der Waals surface area contributed by atoms with Crippen molar-refractivity contribution in [1.82, 2.24) is 19.6 Å². The minimum absolute atomic E-state index is 0.166. The fraction of sp³-hybridized carbons (Fsp3) is 0.652. The van der Waals surface area contributed by atoms with Gasteiger partial charge in [0.2, 0.25) is 16.0 Å². The van der Waals surface area contributed by atoms with Gasteiger partial charge in [0.15, 0.2) is 23.5 Å². The number of aryl methyl sites for hydroxylation is 4. The molecule has 13 nitrogen and oxygen atoms in total. The summed E-state index contributed by atoms with van der Waals surface area (Å²) in [5.41, 5.74) is -6.37. The normalized spacial score (nSPS) is 21.2. The Morgan fingerprint density at radius 2 is 1.26 bits per heavy atom. The van der Waals surface area contributed by atoms with Crippen LogP contribution in [0.2, 0.25) is 0 Å². The fourth-order valence-corrected chi connectivity index (χ4v) is 7.00. The van der Waals surface area contributed by atoms with Crippen molar-refractivity contribution in [2.24, 2.45) is 24.4 Å². The number of hydrogen-bond acceptors (Lipinski definition) is 11. The summed E-state index contributed by atoms with van der Waals surface area (Å²) >= 11 is 0. The smallest absolute Gasteiger partial charge is 0.388 e. The Labute approximate surface area is 257 Å². The second-order valence-corrected chi connectivity index (χ2v) is 15.0. The van der Waals surface area contributed by atoms with Crippen LogP contribution >= 0.6 is 0 Å². The highest BCUT2D eigenvalue weighted by atomic mass is 32.2. The maximum Gasteiger partial charge on any atom is 0.388 e. The molecule has 0 bridgehead atoms. The summed E-state index contributed by atoms with van der Waals surface area (Å²) in [4.78, 5) is 9.14. The molecule has 2 aromatic rings. The topological polar surface area (TPSA) is 156 Å². The molecule has 0 saturated carbocycles. The molecule has 0 N–H and O–H groups in total. The van der Waals surface area contributed by atoms with Gasteiger partial charge in [0.1, 0.15) is 5.56 Å². The first kappa shape index (κ1) is 37.0. The highest BCUT2D eigenvalue weighted by Gasteiger charge is 2.61. The second kappa shape index (κ2) is 11.6. The first-order valence-electron chi connectivity index (χ1n) is 12.7. The number of alkyl halides is 8. The van der Waals surface area contributed by atoms with Gasteiger partial charge in [-0.15, -0.1) is 0 Å². The molecule has 23 heteroatoms. The molecule has 2 aliphatic heterocycles. The third kappa shape index (κ3) is 6.01. The maximum atomic E-state index is 14.7. The van der Waals surface area contributed by atoms with E-state index in [4.69, 9.17) is 0 Å². The first-order valence-corrected chi connectivity index (χ1v) is 15.7. The number of aromatic nitrogens is 4. The van der Waals surface area contributed by atoms with E-state index in [0.29, 0.717) is 4.68 Å². The van der Waals surface area contributed by atoms with Crippen LogP contribution in [0.4, 0.5) is 35.1 Å². The summed E-state index contributed by atoms with van der Waals surface area (Å²) in [5, 5.41) is 1.05. The maximum absolute atomic E-state index is 14.7. The fourth-order valence-electron chi connectivity index (χ4n) is 4.09. The van der Waals surface area contributed by atoms with Crippen molar-refractivity contribution in [2.45, 2.75) is 82.2 Å². The summed E-state index contributed by atoms with van der Waals surface area (Å²) in [6, 6.07) is 0. The van der Waals surface area contributed by atoms with Crippen molar-refractivity contribution in [3.05, 3.63) is 28.7 Å². The number of sulfone groups is 2. The summed E-state index contributed by atoms with van der Waals surface area (Å²) in [5.74, 6) is -1.16. The van der Waals surface area contributed by atoms with Crippen molar-refractivity contribution in [3.8, 4) is 5.88 Å². The molecule has 0 aromatic carbocycles. The Hall–Kier alpha value is -3.50. The molecular weight excluding hydrogens is 688 g/mol. The molecule has 260 valence electrons. The van der Waals surface area contributed by atoms with Crippen molar-refractivity contribution in [3.63, 3.8) is 0 Å². The lowest BCUT2D eigenvalue weighted by Gasteiger charge is -2.21. The van der Waals surface area contributed by atoms with Gasteiger partial charge in [-0.3, -0.25) is 4.68 Å². The average Bonchev–Trinajstić information content (AvgIpc) is 3.57. The Bertz CT molecular complexity index is 1790. The van der Waals surface area contributed by atoms with E-state index in [1.165, 1.54) is 27.8 Å². The Morgan fingerprint density at radius 3 is 1.61 bits per heavy atom. The third-order valence-corrected chi connectivity index (χ3v) is 10.0. The number of rotatable bonds is 6. The van der Waals surface area contributed by atoms with Crippen molar-refractivity contribution in [1.29, 1.82) is 0 Å². The van der Waals surface area contributed by atoms with E-state index in [1.54, 1.807) is 0 Å². The number of nitrogens with zero attached hydrogens (tertiary/aromatic N) is 6. The van der Waals surface area contributed by atoms with E-state index in [-0.39, 0.29) is 5.69 Å². The molecule has 2 aromatic heterocycles. The molecule has 4 heterocycles. The molecule has 4 rings (SSSR count). The van der Waals surface area contributed by atoms with E-state index >= 15 is 0 Å². The van der Waals surface area contributed by atoms with Gasteiger partial charge in [0, 0.05) is 20.3 Å². The largest absolute Gasteiger partial charge is 0.417 e. The third-order valence-electron chi connectivity index (χ3n) is 6.61. The van der Waals surface area contributed by atoms with Crippen molar-refractivity contribution in [2.75, 3.05) is 0 Å². The average molecular weight is 717 g/mol. The molecule has 0 amide bonds. The molecule has 2 aliphatic rings. The van der Waals surface area contributed by atoms with Gasteiger partial charge < -0.3 is 14.4 Å². The molecule has 0 aliphatic carbocycles. The summed E-state index contributed by atoms with van der Waals surface area (Å²) < 4.78 is 166. The summed E-state index contributed by atoms with van der Waals surface area (Å²) in [7, 11) is -8.72. The first-order chi connectivity index (χ1) is 20.6. The van der Waals surface area contributed by atoms with Gasteiger partial charge in [0.05, 0.1) is 17.0 Å². The minimum Gasteiger partial charge on any atom is -0.417 e. The highest BCUT2D eigenvalue weighted by molar-refractivity contribution is 8.07. The second-order valence-electron chi connectivity index (χ2n) is 11.1. The van der Waals surface area contributed by atoms with Crippen LogP contribution in [0.5, 0.6) is 5.88 Å². The predicted molar refractivity (Wildman–Crippen MR) is 143 cm³/mol. The number of ether oxygens (including phenoxy) is 1. The van der Waals surface area contributed by atoms with Gasteiger partial charge in [-0.05, 0) is 41.5 Å². The van der Waals surface area contributed by atoms with Gasteiger partial charge in [-0.2, -0.15) is 36.5 Å². The van der Waals surface area contributed by atoms with E-state index in [9.17, 15) is 52.0 Å². The Kier molecular flexibility index (Phi) is 9.35. The van der Waals surface area contributed by atoms with E-state index in [1.807, 2.05) is 0 Å². The van der Waals surface area contributed by atoms with Crippen LogP contribution in [0.1, 0.15) is 50.2 Å². The summed E-state index contributed by atoms with van der Waals surface area (Å²) in [6.07, 6.45) is -3.87. The SMILES string of the molecule is Cc1nn(C)c(OC(F)F)c1C(F)(F)S(=O)(=O)C1=NOC(C)(C)C1F.Cc1nn(C)cc1C(F)(F)S(=O)(=O)C1=NOC(C)(C)C1F. The zero-order valence-electron chi connectivity index (χ0n) is 25.2.